The molecule has 0 amide bonds. The summed E-state index contributed by atoms with van der Waals surface area (Å²) in [5.41, 5.74) is 1.24. The average Bonchev–Trinajstić information content (AvgIpc) is 3.21. The number of aliphatic hydroxyl groups is 1. The number of aryl methyl sites for hydroxylation is 1. The van der Waals surface area contributed by atoms with Gasteiger partial charge in [-0.15, -0.1) is 0 Å². The highest BCUT2D eigenvalue weighted by atomic mass is 16.6. The predicted octanol–water partition coefficient (Wildman–Crippen LogP) is 3.75. The monoisotopic (exact) mass is 399 g/mol. The lowest BCUT2D eigenvalue weighted by atomic mass is 9.98. The molecule has 0 spiro atoms. The van der Waals surface area contributed by atoms with Crippen molar-refractivity contribution in [1.29, 1.82) is 0 Å². The van der Waals surface area contributed by atoms with Crippen LogP contribution in [0.2, 0.25) is 0 Å². The van der Waals surface area contributed by atoms with E-state index in [1.807, 2.05) is 42.1 Å². The van der Waals surface area contributed by atoms with Gasteiger partial charge in [-0.2, -0.15) is 0 Å². The molecule has 3 rings (SSSR count). The Morgan fingerprint density at radius 3 is 2.86 bits per heavy atom. The van der Waals surface area contributed by atoms with Crippen molar-refractivity contribution in [2.24, 2.45) is 7.05 Å². The number of ether oxygens (including phenoxy) is 2. The van der Waals surface area contributed by atoms with Gasteiger partial charge in [-0.1, -0.05) is 44.4 Å². The van der Waals surface area contributed by atoms with E-state index < -0.39 is 18.2 Å². The van der Waals surface area contributed by atoms with Gasteiger partial charge in [-0.25, -0.2) is 4.79 Å². The first-order valence-electron chi connectivity index (χ1n) is 10.2. The summed E-state index contributed by atoms with van der Waals surface area (Å²) >= 11 is 0. The Kier molecular flexibility index (Phi) is 6.75. The normalized spacial score (nSPS) is 20.4. The number of aliphatic hydroxyl groups excluding tert-OH is 1. The number of rotatable bonds is 9. The number of esters is 2. The van der Waals surface area contributed by atoms with E-state index in [0.29, 0.717) is 12.0 Å². The van der Waals surface area contributed by atoms with Crippen LogP contribution in [0.25, 0.3) is 17.0 Å². The Balaban J connectivity index is 1.68. The Bertz CT molecular complexity index is 913. The second-order valence-electron chi connectivity index (χ2n) is 7.76. The smallest absolute Gasteiger partial charge is 0.334 e. The number of carbonyl (C=O) groups is 2. The SMILES string of the molecule is CCCCCCC(=O)OCC1(CO)C/C(=C\c2cn(C)c3ccccc23)C(=O)O1. The fourth-order valence-corrected chi connectivity index (χ4v) is 3.70. The molecule has 0 saturated carbocycles. The molecule has 1 N–H and O–H groups in total. The van der Waals surface area contributed by atoms with Crippen molar-refractivity contribution in [2.45, 2.75) is 51.0 Å². The maximum absolute atomic E-state index is 12.4. The topological polar surface area (TPSA) is 77.8 Å². The molecule has 6 heteroatoms. The highest BCUT2D eigenvalue weighted by molar-refractivity contribution is 5.99. The summed E-state index contributed by atoms with van der Waals surface area (Å²) in [6.07, 6.45) is 8.27. The quantitative estimate of drug-likeness (QED) is 0.395. The van der Waals surface area contributed by atoms with E-state index in [-0.39, 0.29) is 19.0 Å². The Hall–Kier alpha value is -2.60. The summed E-state index contributed by atoms with van der Waals surface area (Å²) in [5.74, 6) is -0.803. The molecular weight excluding hydrogens is 370 g/mol. The van der Waals surface area contributed by atoms with Gasteiger partial charge in [0.05, 0.1) is 6.61 Å². The lowest BCUT2D eigenvalue weighted by molar-refractivity contribution is -0.166. The molecule has 0 aliphatic carbocycles. The standard InChI is InChI=1S/C23H29NO5/c1-3-4-5-6-11-21(26)28-16-23(15-25)13-17(22(27)29-23)12-18-14-24(2)20-10-8-7-9-19(18)20/h7-10,12,14,25H,3-6,11,13,15-16H2,1-2H3/b17-12+. The summed E-state index contributed by atoms with van der Waals surface area (Å²) in [5, 5.41) is 10.9. The molecule has 0 bridgehead atoms. The van der Waals surface area contributed by atoms with Crippen LogP contribution in [0.4, 0.5) is 0 Å². The van der Waals surface area contributed by atoms with E-state index in [1.54, 1.807) is 6.08 Å². The van der Waals surface area contributed by atoms with Crippen LogP contribution in [0.3, 0.4) is 0 Å². The molecule has 2 aromatic rings. The molecule has 1 fully saturated rings. The third kappa shape index (κ3) is 4.88. The number of hydrogen-bond donors (Lipinski definition) is 1. The number of benzene rings is 1. The molecule has 1 aliphatic rings. The van der Waals surface area contributed by atoms with Gasteiger partial charge in [-0.05, 0) is 18.6 Å². The number of nitrogens with zero attached hydrogens (tertiary/aromatic N) is 1. The van der Waals surface area contributed by atoms with Crippen LogP contribution in [0.15, 0.2) is 36.0 Å². The molecule has 6 nitrogen and oxygen atoms in total. The molecular formula is C23H29NO5. The van der Waals surface area contributed by atoms with Crippen molar-refractivity contribution in [2.75, 3.05) is 13.2 Å². The number of unbranched alkanes of at least 4 members (excludes halogenated alkanes) is 3. The van der Waals surface area contributed by atoms with E-state index >= 15 is 0 Å². The summed E-state index contributed by atoms with van der Waals surface area (Å²) in [4.78, 5) is 24.4. The van der Waals surface area contributed by atoms with Gasteiger partial charge in [0.15, 0.2) is 5.60 Å². The minimum atomic E-state index is -1.20. The second kappa shape index (κ2) is 9.27. The predicted molar refractivity (Wildman–Crippen MR) is 111 cm³/mol. The molecule has 2 heterocycles. The summed E-state index contributed by atoms with van der Waals surface area (Å²) < 4.78 is 12.8. The molecule has 1 saturated heterocycles. The zero-order valence-corrected chi connectivity index (χ0v) is 17.1. The second-order valence-corrected chi connectivity index (χ2v) is 7.76. The highest BCUT2D eigenvalue weighted by Gasteiger charge is 2.44. The molecule has 1 aliphatic heterocycles. The van der Waals surface area contributed by atoms with Crippen molar-refractivity contribution in [3.8, 4) is 0 Å². The van der Waals surface area contributed by atoms with Crippen LogP contribution < -0.4 is 0 Å². The average molecular weight is 399 g/mol. The van der Waals surface area contributed by atoms with Crippen molar-refractivity contribution < 1.29 is 24.2 Å². The number of cyclic esters (lactones) is 1. The van der Waals surface area contributed by atoms with Crippen LogP contribution in [-0.4, -0.2) is 40.4 Å². The first kappa shape index (κ1) is 21.1. The Morgan fingerprint density at radius 1 is 1.31 bits per heavy atom. The van der Waals surface area contributed by atoms with Gasteiger partial charge in [0, 0.05) is 48.1 Å². The summed E-state index contributed by atoms with van der Waals surface area (Å²) in [6, 6.07) is 7.94. The molecule has 1 unspecified atom stereocenters. The highest BCUT2D eigenvalue weighted by Crippen LogP contribution is 2.34. The largest absolute Gasteiger partial charge is 0.461 e. The van der Waals surface area contributed by atoms with E-state index in [0.717, 1.165) is 42.1 Å². The molecule has 1 aromatic carbocycles. The number of para-hydroxylation sites is 1. The van der Waals surface area contributed by atoms with E-state index in [4.69, 9.17) is 9.47 Å². The van der Waals surface area contributed by atoms with Gasteiger partial charge >= 0.3 is 11.9 Å². The fraction of sp³-hybridized carbons (Fsp3) is 0.478. The lowest BCUT2D eigenvalue weighted by Crippen LogP contribution is -2.39. The van der Waals surface area contributed by atoms with Crippen LogP contribution >= 0.6 is 0 Å². The zero-order chi connectivity index (χ0) is 20.9. The van der Waals surface area contributed by atoms with Crippen LogP contribution in [-0.2, 0) is 26.1 Å². The summed E-state index contributed by atoms with van der Waals surface area (Å²) in [6.45, 7) is 1.59. The number of hydrogen-bond acceptors (Lipinski definition) is 5. The van der Waals surface area contributed by atoms with Gasteiger partial charge in [0.2, 0.25) is 0 Å². The maximum Gasteiger partial charge on any atom is 0.334 e. The van der Waals surface area contributed by atoms with Gasteiger partial charge < -0.3 is 19.1 Å². The van der Waals surface area contributed by atoms with E-state index in [9.17, 15) is 14.7 Å². The van der Waals surface area contributed by atoms with Crippen LogP contribution in [0.1, 0.15) is 51.0 Å². The van der Waals surface area contributed by atoms with Gasteiger partial charge in [0.1, 0.15) is 6.61 Å². The van der Waals surface area contributed by atoms with Crippen molar-refractivity contribution >= 4 is 28.9 Å². The molecule has 1 atom stereocenters. The molecule has 0 radical (unpaired) electrons. The minimum absolute atomic E-state index is 0.130. The molecule has 29 heavy (non-hydrogen) atoms. The van der Waals surface area contributed by atoms with Gasteiger partial charge in [-0.3, -0.25) is 4.79 Å². The number of aromatic nitrogens is 1. The lowest BCUT2D eigenvalue weighted by Gasteiger charge is -2.24. The van der Waals surface area contributed by atoms with Crippen LogP contribution in [0.5, 0.6) is 0 Å². The molecule has 156 valence electrons. The Labute approximate surface area is 171 Å². The van der Waals surface area contributed by atoms with Crippen molar-refractivity contribution in [3.05, 3.63) is 41.6 Å². The first-order chi connectivity index (χ1) is 14.0. The maximum atomic E-state index is 12.4. The van der Waals surface area contributed by atoms with Crippen LogP contribution in [0, 0.1) is 0 Å². The fourth-order valence-electron chi connectivity index (χ4n) is 3.70. The van der Waals surface area contributed by atoms with Crippen molar-refractivity contribution in [3.63, 3.8) is 0 Å². The third-order valence-electron chi connectivity index (χ3n) is 5.36. The minimum Gasteiger partial charge on any atom is -0.461 e. The van der Waals surface area contributed by atoms with Gasteiger partial charge in [0.25, 0.3) is 0 Å². The third-order valence-corrected chi connectivity index (χ3v) is 5.36. The first-order valence-corrected chi connectivity index (χ1v) is 10.2. The zero-order valence-electron chi connectivity index (χ0n) is 17.1. The molecule has 1 aromatic heterocycles. The number of fused-ring (bicyclic) bond motifs is 1. The van der Waals surface area contributed by atoms with E-state index in [2.05, 4.69) is 6.92 Å². The van der Waals surface area contributed by atoms with Crippen molar-refractivity contribution in [1.82, 2.24) is 4.57 Å². The Morgan fingerprint density at radius 2 is 2.10 bits per heavy atom. The summed E-state index contributed by atoms with van der Waals surface area (Å²) in [7, 11) is 1.95. The van der Waals surface area contributed by atoms with E-state index in [1.165, 1.54) is 0 Å². The number of carbonyl (C=O) groups excluding carboxylic acids is 2.